The molecule has 1 atom stereocenters. The van der Waals surface area contributed by atoms with Crippen LogP contribution in [0, 0.1) is 17.5 Å². The Bertz CT molecular complexity index is 486. The van der Waals surface area contributed by atoms with Gasteiger partial charge in [-0.15, -0.1) is 0 Å². The summed E-state index contributed by atoms with van der Waals surface area (Å²) in [6.07, 6.45) is 3.34. The highest BCUT2D eigenvalue weighted by molar-refractivity contribution is 9.09. The molecule has 0 bridgehead atoms. The van der Waals surface area contributed by atoms with Crippen molar-refractivity contribution in [2.75, 3.05) is 11.9 Å². The fourth-order valence-corrected chi connectivity index (χ4v) is 2.93. The van der Waals surface area contributed by atoms with Crippen molar-refractivity contribution in [3.8, 4) is 0 Å². The average Bonchev–Trinajstić information content (AvgIpc) is 2.83. The Balaban J connectivity index is 2.22. The van der Waals surface area contributed by atoms with Crippen LogP contribution in [-0.4, -0.2) is 28.7 Å². The van der Waals surface area contributed by atoms with Crippen LogP contribution < -0.4 is 0 Å². The molecule has 0 aromatic heterocycles. The van der Waals surface area contributed by atoms with Crippen molar-refractivity contribution in [2.45, 2.75) is 31.7 Å². The lowest BCUT2D eigenvalue weighted by Crippen LogP contribution is -2.36. The van der Waals surface area contributed by atoms with E-state index in [1.54, 1.807) is 0 Å². The first-order valence-electron chi connectivity index (χ1n) is 6.56. The van der Waals surface area contributed by atoms with Gasteiger partial charge in [-0.3, -0.25) is 4.79 Å². The lowest BCUT2D eigenvalue weighted by molar-refractivity contribution is 0.0720. The van der Waals surface area contributed by atoms with E-state index in [2.05, 4.69) is 15.9 Å². The Morgan fingerprint density at radius 2 is 1.95 bits per heavy atom. The van der Waals surface area contributed by atoms with E-state index in [1.165, 1.54) is 4.90 Å². The number of nitrogens with zero attached hydrogens (tertiary/aromatic N) is 1. The zero-order chi connectivity index (χ0) is 14.7. The number of amides is 1. The molecular weight excluding hydrogens is 335 g/mol. The molecule has 1 aliphatic rings. The van der Waals surface area contributed by atoms with Gasteiger partial charge in [-0.25, -0.2) is 13.2 Å². The van der Waals surface area contributed by atoms with Gasteiger partial charge in [0.2, 0.25) is 0 Å². The lowest BCUT2D eigenvalue weighted by atomic mass is 10.1. The van der Waals surface area contributed by atoms with Crippen molar-refractivity contribution < 1.29 is 18.0 Å². The van der Waals surface area contributed by atoms with Gasteiger partial charge in [0.05, 0.1) is 0 Å². The van der Waals surface area contributed by atoms with E-state index in [-0.39, 0.29) is 6.04 Å². The molecule has 6 heteroatoms. The Labute approximate surface area is 124 Å². The van der Waals surface area contributed by atoms with Crippen molar-refractivity contribution >= 4 is 21.8 Å². The lowest BCUT2D eigenvalue weighted by Gasteiger charge is -2.25. The zero-order valence-electron chi connectivity index (χ0n) is 10.8. The molecule has 1 aromatic rings. The van der Waals surface area contributed by atoms with Crippen LogP contribution in [0.1, 0.15) is 36.0 Å². The first kappa shape index (κ1) is 15.4. The first-order valence-corrected chi connectivity index (χ1v) is 7.68. The maximum Gasteiger partial charge on any atom is 0.260 e. The number of alkyl halides is 1. The maximum absolute atomic E-state index is 13.7. The number of hydrogen-bond acceptors (Lipinski definition) is 1. The van der Waals surface area contributed by atoms with E-state index in [9.17, 15) is 18.0 Å². The molecule has 2 rings (SSSR count). The minimum Gasteiger partial charge on any atom is -0.335 e. The Hall–Kier alpha value is -1.04. The topological polar surface area (TPSA) is 20.3 Å². The third-order valence-corrected chi connectivity index (χ3v) is 4.09. The van der Waals surface area contributed by atoms with Gasteiger partial charge in [-0.2, -0.15) is 0 Å². The fourth-order valence-electron chi connectivity index (χ4n) is 2.61. The summed E-state index contributed by atoms with van der Waals surface area (Å²) in [6, 6.07) is 1.09. The van der Waals surface area contributed by atoms with Gasteiger partial charge in [0.15, 0.2) is 0 Å². The smallest absolute Gasteiger partial charge is 0.260 e. The Morgan fingerprint density at radius 3 is 2.55 bits per heavy atom. The van der Waals surface area contributed by atoms with Crippen LogP contribution in [0.2, 0.25) is 0 Å². The van der Waals surface area contributed by atoms with Crippen molar-refractivity contribution in [3.05, 3.63) is 35.1 Å². The predicted octanol–water partition coefficient (Wildman–Crippen LogP) is 3.88. The van der Waals surface area contributed by atoms with Gasteiger partial charge < -0.3 is 4.90 Å². The second-order valence-electron chi connectivity index (χ2n) is 4.87. The molecule has 1 fully saturated rings. The highest BCUT2D eigenvalue weighted by Crippen LogP contribution is 2.26. The number of benzene rings is 1. The summed E-state index contributed by atoms with van der Waals surface area (Å²) in [5.41, 5.74) is -0.655. The van der Waals surface area contributed by atoms with Crippen LogP contribution in [0.15, 0.2) is 12.1 Å². The van der Waals surface area contributed by atoms with Crippen molar-refractivity contribution in [3.63, 3.8) is 0 Å². The van der Waals surface area contributed by atoms with E-state index < -0.39 is 28.9 Å². The maximum atomic E-state index is 13.7. The Morgan fingerprint density at radius 1 is 1.30 bits per heavy atom. The number of hydrogen-bond donors (Lipinski definition) is 0. The molecule has 20 heavy (non-hydrogen) atoms. The molecule has 0 spiro atoms. The molecule has 1 unspecified atom stereocenters. The number of likely N-dealkylation sites (tertiary alicyclic amines) is 1. The normalized spacial score (nSPS) is 18.6. The third kappa shape index (κ3) is 3.16. The van der Waals surface area contributed by atoms with Crippen LogP contribution in [0.3, 0.4) is 0 Å². The van der Waals surface area contributed by atoms with Crippen molar-refractivity contribution in [1.82, 2.24) is 4.90 Å². The number of carbonyl (C=O) groups is 1. The number of carbonyl (C=O) groups excluding carboxylic acids is 1. The van der Waals surface area contributed by atoms with Crippen LogP contribution >= 0.6 is 15.9 Å². The van der Waals surface area contributed by atoms with Crippen LogP contribution in [0.4, 0.5) is 13.2 Å². The van der Waals surface area contributed by atoms with E-state index in [1.807, 2.05) is 0 Å². The summed E-state index contributed by atoms with van der Waals surface area (Å²) in [4.78, 5) is 13.8. The monoisotopic (exact) mass is 349 g/mol. The van der Waals surface area contributed by atoms with E-state index >= 15 is 0 Å². The largest absolute Gasteiger partial charge is 0.335 e. The van der Waals surface area contributed by atoms with E-state index in [4.69, 9.17) is 0 Å². The first-order chi connectivity index (χ1) is 9.54. The standard InChI is InChI=1S/C14H15BrF3NO/c15-5-1-3-10-4-2-6-19(10)14(20)13-11(17)7-9(16)8-12(13)18/h7-8,10H,1-6H2. The number of halogens is 4. The molecule has 0 N–H and O–H groups in total. The van der Waals surface area contributed by atoms with Gasteiger partial charge in [-0.1, -0.05) is 15.9 Å². The fraction of sp³-hybridized carbons (Fsp3) is 0.500. The van der Waals surface area contributed by atoms with Crippen LogP contribution in [-0.2, 0) is 0 Å². The van der Waals surface area contributed by atoms with Crippen LogP contribution in [0.5, 0.6) is 0 Å². The van der Waals surface area contributed by atoms with Crippen LogP contribution in [0.25, 0.3) is 0 Å². The van der Waals surface area contributed by atoms with Gasteiger partial charge in [0.25, 0.3) is 5.91 Å². The quantitative estimate of drug-likeness (QED) is 0.755. The zero-order valence-corrected chi connectivity index (χ0v) is 12.4. The molecule has 0 radical (unpaired) electrons. The van der Waals surface area contributed by atoms with Crippen molar-refractivity contribution in [2.24, 2.45) is 0 Å². The van der Waals surface area contributed by atoms with Gasteiger partial charge in [0, 0.05) is 30.0 Å². The van der Waals surface area contributed by atoms with Gasteiger partial charge in [-0.05, 0) is 25.7 Å². The molecule has 110 valence electrons. The highest BCUT2D eigenvalue weighted by atomic mass is 79.9. The molecule has 1 saturated heterocycles. The summed E-state index contributed by atoms with van der Waals surface area (Å²) in [5.74, 6) is -3.98. The van der Waals surface area contributed by atoms with E-state index in [0.717, 1.165) is 31.0 Å². The number of rotatable bonds is 4. The second kappa shape index (κ2) is 6.61. The summed E-state index contributed by atoms with van der Waals surface area (Å²) < 4.78 is 40.2. The summed E-state index contributed by atoms with van der Waals surface area (Å²) in [6.45, 7) is 0.488. The highest BCUT2D eigenvalue weighted by Gasteiger charge is 2.32. The SMILES string of the molecule is O=C(c1c(F)cc(F)cc1F)N1CCCC1CCCBr. The van der Waals surface area contributed by atoms with Crippen molar-refractivity contribution in [1.29, 1.82) is 0 Å². The van der Waals surface area contributed by atoms with Gasteiger partial charge in [0.1, 0.15) is 23.0 Å². The predicted molar refractivity (Wildman–Crippen MR) is 73.4 cm³/mol. The molecule has 1 aromatic carbocycles. The molecule has 1 heterocycles. The summed E-state index contributed by atoms with van der Waals surface area (Å²) in [5, 5.41) is 0.824. The van der Waals surface area contributed by atoms with Gasteiger partial charge >= 0.3 is 0 Å². The minimum atomic E-state index is -1.14. The van der Waals surface area contributed by atoms with E-state index in [0.29, 0.717) is 18.7 Å². The second-order valence-corrected chi connectivity index (χ2v) is 5.66. The average molecular weight is 350 g/mol. The molecule has 2 nitrogen and oxygen atoms in total. The molecule has 1 amide bonds. The molecular formula is C14H15BrF3NO. The summed E-state index contributed by atoms with van der Waals surface area (Å²) in [7, 11) is 0. The summed E-state index contributed by atoms with van der Waals surface area (Å²) >= 11 is 3.32. The minimum absolute atomic E-state index is 0.00361. The third-order valence-electron chi connectivity index (χ3n) is 3.53. The Kier molecular flexibility index (Phi) is 5.07. The molecule has 0 aliphatic carbocycles. The molecule has 0 saturated carbocycles. The molecule has 1 aliphatic heterocycles.